The molecule has 1 amide bonds. The summed E-state index contributed by atoms with van der Waals surface area (Å²) in [6.07, 6.45) is 0.931. The lowest BCUT2D eigenvalue weighted by atomic mass is 10.0. The van der Waals surface area contributed by atoms with Crippen molar-refractivity contribution in [3.63, 3.8) is 0 Å². The van der Waals surface area contributed by atoms with Crippen LogP contribution in [-0.2, 0) is 0 Å². The summed E-state index contributed by atoms with van der Waals surface area (Å²) in [7, 11) is 0. The smallest absolute Gasteiger partial charge is 0.335 e. The first-order valence-electron chi connectivity index (χ1n) is 8.98. The van der Waals surface area contributed by atoms with Gasteiger partial charge >= 0.3 is 5.69 Å². The van der Waals surface area contributed by atoms with Crippen LogP contribution in [0.1, 0.15) is 32.6 Å². The highest BCUT2D eigenvalue weighted by Gasteiger charge is 2.18. The third-order valence-corrected chi connectivity index (χ3v) is 4.49. The Hall–Kier alpha value is -4.14. The molecule has 0 radical (unpaired) electrons. The van der Waals surface area contributed by atoms with Gasteiger partial charge in [0, 0.05) is 0 Å². The molecule has 4 N–H and O–H groups in total. The predicted molar refractivity (Wildman–Crippen MR) is 112 cm³/mol. The fraction of sp³-hybridized carbons (Fsp3) is 0.143. The Morgan fingerprint density at radius 3 is 2.37 bits per heavy atom. The third-order valence-electron chi connectivity index (χ3n) is 4.49. The van der Waals surface area contributed by atoms with Gasteiger partial charge in [0.2, 0.25) is 5.88 Å². The average molecular weight is 408 g/mol. The lowest BCUT2D eigenvalue weighted by Gasteiger charge is -2.15. The lowest BCUT2D eigenvalue weighted by Crippen LogP contribution is -2.32. The standard InChI is InChI=1S/C21H20N4O5/c1-11-8-12(2)17(13(3)9-11)25-20(29)15(18(27)23-21(25)30)10-22-24-19(28)14-6-4-5-7-16(14)26/h4-10,26,29H,1-3H3,(H,24,28)(H,23,27,30)/b22-10+. The van der Waals surface area contributed by atoms with E-state index in [1.165, 1.54) is 12.1 Å². The summed E-state index contributed by atoms with van der Waals surface area (Å²) in [5.74, 6) is -1.55. The monoisotopic (exact) mass is 408 g/mol. The molecule has 1 heterocycles. The molecule has 0 bridgehead atoms. The van der Waals surface area contributed by atoms with Crippen LogP contribution in [0, 0.1) is 20.8 Å². The molecule has 0 unspecified atom stereocenters. The molecule has 9 nitrogen and oxygen atoms in total. The van der Waals surface area contributed by atoms with Gasteiger partial charge in [0.05, 0.1) is 17.5 Å². The van der Waals surface area contributed by atoms with Crippen molar-refractivity contribution in [3.8, 4) is 17.3 Å². The normalized spacial score (nSPS) is 11.0. The van der Waals surface area contributed by atoms with Gasteiger partial charge in [0.25, 0.3) is 11.5 Å². The maximum absolute atomic E-state index is 12.4. The van der Waals surface area contributed by atoms with E-state index in [4.69, 9.17) is 0 Å². The highest BCUT2D eigenvalue weighted by molar-refractivity contribution is 5.97. The summed E-state index contributed by atoms with van der Waals surface area (Å²) >= 11 is 0. The summed E-state index contributed by atoms with van der Waals surface area (Å²) in [4.78, 5) is 38.9. The molecular formula is C21H20N4O5. The zero-order valence-corrected chi connectivity index (χ0v) is 16.6. The van der Waals surface area contributed by atoms with E-state index in [2.05, 4.69) is 15.5 Å². The topological polar surface area (TPSA) is 137 Å². The second kappa shape index (κ2) is 8.08. The Balaban J connectivity index is 2.02. The van der Waals surface area contributed by atoms with Gasteiger partial charge in [-0.2, -0.15) is 5.10 Å². The molecule has 0 fully saturated rings. The molecule has 0 saturated heterocycles. The van der Waals surface area contributed by atoms with E-state index in [1.807, 2.05) is 19.1 Å². The quantitative estimate of drug-likeness (QED) is 0.384. The number of hydrogen-bond acceptors (Lipinski definition) is 6. The number of amides is 1. The number of carbonyl (C=O) groups is 1. The minimum atomic E-state index is -0.864. The van der Waals surface area contributed by atoms with Crippen LogP contribution in [0.5, 0.6) is 11.6 Å². The number of carbonyl (C=O) groups excluding carboxylic acids is 1. The van der Waals surface area contributed by atoms with E-state index < -0.39 is 23.0 Å². The Morgan fingerprint density at radius 1 is 1.10 bits per heavy atom. The van der Waals surface area contributed by atoms with Gasteiger partial charge in [0.15, 0.2) is 0 Å². The Morgan fingerprint density at radius 2 is 1.73 bits per heavy atom. The number of phenolic OH excluding ortho intramolecular Hbond substituents is 1. The average Bonchev–Trinajstić information content (AvgIpc) is 2.66. The first kappa shape index (κ1) is 20.6. The number of hydrogen-bond donors (Lipinski definition) is 4. The number of H-pyrrole nitrogens is 1. The fourth-order valence-electron chi connectivity index (χ4n) is 3.27. The largest absolute Gasteiger partial charge is 0.507 e. The fourth-order valence-corrected chi connectivity index (χ4v) is 3.27. The molecule has 0 aliphatic heterocycles. The van der Waals surface area contributed by atoms with E-state index in [0.717, 1.165) is 27.5 Å². The van der Waals surface area contributed by atoms with Gasteiger partial charge in [-0.05, 0) is 44.0 Å². The van der Waals surface area contributed by atoms with Crippen LogP contribution in [0.2, 0.25) is 0 Å². The summed E-state index contributed by atoms with van der Waals surface area (Å²) < 4.78 is 0.984. The molecule has 30 heavy (non-hydrogen) atoms. The number of aromatic amines is 1. The van der Waals surface area contributed by atoms with E-state index in [1.54, 1.807) is 26.0 Å². The summed E-state index contributed by atoms with van der Waals surface area (Å²) in [5, 5.41) is 24.0. The molecule has 3 aromatic rings. The summed E-state index contributed by atoms with van der Waals surface area (Å²) in [6.45, 7) is 5.48. The second-order valence-electron chi connectivity index (χ2n) is 6.80. The van der Waals surface area contributed by atoms with Gasteiger partial charge in [-0.15, -0.1) is 0 Å². The first-order valence-corrected chi connectivity index (χ1v) is 8.98. The number of nitrogens with zero attached hydrogens (tertiary/aromatic N) is 2. The van der Waals surface area contributed by atoms with Crippen molar-refractivity contribution in [3.05, 3.63) is 85.1 Å². The third kappa shape index (κ3) is 3.86. The molecule has 3 rings (SSSR count). The van der Waals surface area contributed by atoms with Crippen LogP contribution in [-0.4, -0.2) is 31.9 Å². The zero-order valence-electron chi connectivity index (χ0n) is 16.6. The number of aromatic hydroxyl groups is 2. The van der Waals surface area contributed by atoms with Crippen LogP contribution in [0.3, 0.4) is 0 Å². The SMILES string of the molecule is Cc1cc(C)c(-n2c(O)c(/C=N/NC(=O)c3ccccc3O)c(=O)[nH]c2=O)c(C)c1. The van der Waals surface area contributed by atoms with Gasteiger partial charge in [-0.25, -0.2) is 14.8 Å². The molecule has 0 aliphatic carbocycles. The maximum atomic E-state index is 12.4. The van der Waals surface area contributed by atoms with Crippen molar-refractivity contribution in [2.24, 2.45) is 5.10 Å². The predicted octanol–water partition coefficient (Wildman–Crippen LogP) is 1.63. The Kier molecular flexibility index (Phi) is 5.54. The number of aromatic nitrogens is 2. The van der Waals surface area contributed by atoms with Crippen molar-refractivity contribution in [1.82, 2.24) is 15.0 Å². The highest BCUT2D eigenvalue weighted by atomic mass is 16.3. The molecule has 9 heteroatoms. The summed E-state index contributed by atoms with van der Waals surface area (Å²) in [6, 6.07) is 9.56. The number of hydrazone groups is 1. The number of rotatable bonds is 4. The van der Waals surface area contributed by atoms with Crippen LogP contribution >= 0.6 is 0 Å². The zero-order chi connectivity index (χ0) is 22.0. The van der Waals surface area contributed by atoms with E-state index in [9.17, 15) is 24.6 Å². The van der Waals surface area contributed by atoms with Crippen molar-refractivity contribution < 1.29 is 15.0 Å². The van der Waals surface area contributed by atoms with Crippen LogP contribution in [0.4, 0.5) is 0 Å². The molecule has 0 aliphatic rings. The molecule has 0 saturated carbocycles. The van der Waals surface area contributed by atoms with Gasteiger partial charge in [-0.1, -0.05) is 29.8 Å². The second-order valence-corrected chi connectivity index (χ2v) is 6.80. The Labute approximate surface area is 171 Å². The molecule has 2 aromatic carbocycles. The van der Waals surface area contributed by atoms with E-state index in [0.29, 0.717) is 5.69 Å². The molecule has 0 atom stereocenters. The first-order chi connectivity index (χ1) is 14.2. The van der Waals surface area contributed by atoms with Crippen molar-refractivity contribution in [1.29, 1.82) is 0 Å². The van der Waals surface area contributed by atoms with Crippen LogP contribution < -0.4 is 16.7 Å². The number of nitrogens with one attached hydrogen (secondary N) is 2. The number of phenols is 1. The van der Waals surface area contributed by atoms with Gasteiger partial charge in [-0.3, -0.25) is 14.6 Å². The van der Waals surface area contributed by atoms with Crippen LogP contribution in [0.25, 0.3) is 5.69 Å². The number of para-hydroxylation sites is 1. The minimum Gasteiger partial charge on any atom is -0.507 e. The van der Waals surface area contributed by atoms with E-state index in [-0.39, 0.29) is 16.9 Å². The molecule has 0 spiro atoms. The number of aryl methyl sites for hydroxylation is 3. The van der Waals surface area contributed by atoms with Crippen molar-refractivity contribution in [2.45, 2.75) is 20.8 Å². The molecule has 1 aromatic heterocycles. The highest BCUT2D eigenvalue weighted by Crippen LogP contribution is 2.23. The van der Waals surface area contributed by atoms with Gasteiger partial charge < -0.3 is 10.2 Å². The maximum Gasteiger partial charge on any atom is 0.335 e. The number of benzene rings is 2. The van der Waals surface area contributed by atoms with Crippen LogP contribution in [0.15, 0.2) is 51.1 Å². The van der Waals surface area contributed by atoms with E-state index >= 15 is 0 Å². The lowest BCUT2D eigenvalue weighted by molar-refractivity contribution is 0.0952. The minimum absolute atomic E-state index is 0.0105. The molecule has 154 valence electrons. The Bertz CT molecular complexity index is 1260. The van der Waals surface area contributed by atoms with Gasteiger partial charge in [0.1, 0.15) is 11.3 Å². The van der Waals surface area contributed by atoms with Crippen molar-refractivity contribution in [2.75, 3.05) is 0 Å². The summed E-state index contributed by atoms with van der Waals surface area (Å²) in [5.41, 5.74) is 3.06. The van der Waals surface area contributed by atoms with Crippen molar-refractivity contribution >= 4 is 12.1 Å². The molecular weight excluding hydrogens is 388 g/mol.